The Hall–Kier alpha value is -1.79. The van der Waals surface area contributed by atoms with Crippen LogP contribution in [0.15, 0.2) is 48.5 Å². The van der Waals surface area contributed by atoms with Crippen molar-refractivity contribution in [3.8, 4) is 11.5 Å². The van der Waals surface area contributed by atoms with Crippen molar-refractivity contribution in [3.63, 3.8) is 0 Å². The quantitative estimate of drug-likeness (QED) is 0.791. The molecule has 0 atom stereocenters. The van der Waals surface area contributed by atoms with Gasteiger partial charge in [-0.25, -0.2) is 0 Å². The van der Waals surface area contributed by atoms with E-state index in [0.29, 0.717) is 54.8 Å². The van der Waals surface area contributed by atoms with Crippen LogP contribution in [0.3, 0.4) is 0 Å². The van der Waals surface area contributed by atoms with E-state index >= 15 is 0 Å². The Kier molecular flexibility index (Phi) is 7.29. The zero-order valence-electron chi connectivity index (χ0n) is 14.2. The predicted molar refractivity (Wildman–Crippen MR) is 105 cm³/mol. The van der Waals surface area contributed by atoms with Gasteiger partial charge in [-0.1, -0.05) is 23.7 Å². The van der Waals surface area contributed by atoms with E-state index < -0.39 is 5.41 Å². The fourth-order valence-electron chi connectivity index (χ4n) is 2.81. The summed E-state index contributed by atoms with van der Waals surface area (Å²) in [4.78, 5) is 12.6. The fourth-order valence-corrected chi connectivity index (χ4v) is 2.98. The molecule has 0 radical (unpaired) electrons. The molecule has 1 aliphatic rings. The molecule has 0 aliphatic carbocycles. The van der Waals surface area contributed by atoms with Crippen molar-refractivity contribution in [1.29, 1.82) is 0 Å². The number of rotatable bonds is 5. The van der Waals surface area contributed by atoms with Crippen molar-refractivity contribution in [2.24, 2.45) is 11.1 Å². The van der Waals surface area contributed by atoms with Gasteiger partial charge >= 0.3 is 0 Å². The van der Waals surface area contributed by atoms with E-state index in [0.717, 1.165) is 0 Å². The lowest BCUT2D eigenvalue weighted by molar-refractivity contribution is -0.130. The monoisotopic (exact) mass is 396 g/mol. The van der Waals surface area contributed by atoms with Crippen molar-refractivity contribution in [3.05, 3.63) is 53.6 Å². The van der Waals surface area contributed by atoms with Crippen LogP contribution in [0.1, 0.15) is 12.8 Å². The largest absolute Gasteiger partial charge is 0.456 e. The van der Waals surface area contributed by atoms with Crippen LogP contribution in [0.5, 0.6) is 11.5 Å². The number of hydrogen-bond acceptors (Lipinski definition) is 4. The van der Waals surface area contributed by atoms with Crippen molar-refractivity contribution in [2.75, 3.05) is 25.1 Å². The molecule has 0 saturated carbocycles. The van der Waals surface area contributed by atoms with Gasteiger partial charge in [0.05, 0.1) is 10.4 Å². The third-order valence-corrected chi connectivity index (χ3v) is 4.81. The van der Waals surface area contributed by atoms with Gasteiger partial charge in [-0.05, 0) is 49.2 Å². The lowest BCUT2D eigenvalue weighted by Gasteiger charge is -2.34. The highest BCUT2D eigenvalue weighted by molar-refractivity contribution is 6.32. The van der Waals surface area contributed by atoms with Crippen LogP contribution in [-0.4, -0.2) is 25.7 Å². The highest BCUT2D eigenvalue weighted by Gasteiger charge is 2.38. The van der Waals surface area contributed by atoms with E-state index in [1.807, 2.05) is 12.1 Å². The number of carbonyl (C=O) groups excluding carboxylic acids is 1. The van der Waals surface area contributed by atoms with Crippen LogP contribution in [0.4, 0.5) is 5.69 Å². The Morgan fingerprint density at radius 1 is 1.15 bits per heavy atom. The summed E-state index contributed by atoms with van der Waals surface area (Å²) >= 11 is 6.09. The molecule has 1 fully saturated rings. The van der Waals surface area contributed by atoms with Gasteiger partial charge in [0.15, 0.2) is 0 Å². The van der Waals surface area contributed by atoms with E-state index in [1.165, 1.54) is 0 Å². The Labute approximate surface area is 164 Å². The third-order valence-electron chi connectivity index (χ3n) is 4.50. The molecule has 0 bridgehead atoms. The number of amides is 1. The highest BCUT2D eigenvalue weighted by Crippen LogP contribution is 2.32. The minimum Gasteiger partial charge on any atom is -0.456 e. The first-order chi connectivity index (χ1) is 12.1. The average Bonchev–Trinajstić information content (AvgIpc) is 2.65. The third kappa shape index (κ3) is 4.68. The normalized spacial score (nSPS) is 15.6. The van der Waals surface area contributed by atoms with Crippen LogP contribution in [0, 0.1) is 5.41 Å². The molecule has 5 nitrogen and oxygen atoms in total. The second-order valence-corrected chi connectivity index (χ2v) is 6.52. The van der Waals surface area contributed by atoms with Gasteiger partial charge in [0.1, 0.15) is 11.5 Å². The summed E-state index contributed by atoms with van der Waals surface area (Å²) in [5, 5.41) is 3.50. The number of halogens is 2. The number of hydrogen-bond donors (Lipinski definition) is 2. The van der Waals surface area contributed by atoms with Crippen LogP contribution in [-0.2, 0) is 9.53 Å². The summed E-state index contributed by atoms with van der Waals surface area (Å²) in [7, 11) is 0. The van der Waals surface area contributed by atoms with E-state index in [9.17, 15) is 4.79 Å². The SMILES string of the molecule is Cl.NCC1(C(=O)Nc2ccc(Oc3ccccc3Cl)cc2)CCOCC1. The molecule has 0 spiro atoms. The summed E-state index contributed by atoms with van der Waals surface area (Å²) in [5.74, 6) is 1.18. The molecule has 0 unspecified atom stereocenters. The number of benzene rings is 2. The predicted octanol–water partition coefficient (Wildman–Crippen LogP) is 4.25. The maximum absolute atomic E-state index is 12.6. The summed E-state index contributed by atoms with van der Waals surface area (Å²) in [6.07, 6.45) is 1.28. The first-order valence-corrected chi connectivity index (χ1v) is 8.62. The fraction of sp³-hybridized carbons (Fsp3) is 0.316. The highest BCUT2D eigenvalue weighted by atomic mass is 35.5. The lowest BCUT2D eigenvalue weighted by atomic mass is 9.79. The van der Waals surface area contributed by atoms with Crippen LogP contribution in [0.25, 0.3) is 0 Å². The van der Waals surface area contributed by atoms with Gasteiger partial charge in [-0.3, -0.25) is 4.79 Å². The summed E-state index contributed by atoms with van der Waals surface area (Å²) < 4.78 is 11.1. The molecule has 1 amide bonds. The number of para-hydroxylation sites is 1. The van der Waals surface area contributed by atoms with E-state index in [-0.39, 0.29) is 18.3 Å². The van der Waals surface area contributed by atoms with E-state index in [2.05, 4.69) is 5.32 Å². The number of nitrogens with two attached hydrogens (primary N) is 1. The van der Waals surface area contributed by atoms with Crippen molar-refractivity contribution in [1.82, 2.24) is 0 Å². The minimum absolute atomic E-state index is 0. The van der Waals surface area contributed by atoms with E-state index in [1.54, 1.807) is 36.4 Å². The van der Waals surface area contributed by atoms with Gasteiger partial charge in [-0.2, -0.15) is 0 Å². The zero-order chi connectivity index (χ0) is 17.7. The lowest BCUT2D eigenvalue weighted by Crippen LogP contribution is -2.46. The summed E-state index contributed by atoms with van der Waals surface area (Å²) in [6.45, 7) is 1.44. The molecule has 2 aromatic rings. The van der Waals surface area contributed by atoms with E-state index in [4.69, 9.17) is 26.8 Å². The average molecular weight is 397 g/mol. The molecular formula is C19H22Cl2N2O3. The maximum Gasteiger partial charge on any atom is 0.232 e. The second-order valence-electron chi connectivity index (χ2n) is 6.11. The number of ether oxygens (including phenoxy) is 2. The second kappa shape index (κ2) is 9.24. The molecule has 7 heteroatoms. The molecule has 1 saturated heterocycles. The minimum atomic E-state index is -0.551. The van der Waals surface area contributed by atoms with Crippen molar-refractivity contribution >= 4 is 35.6 Å². The van der Waals surface area contributed by atoms with Crippen LogP contribution in [0.2, 0.25) is 5.02 Å². The van der Waals surface area contributed by atoms with Gasteiger partial charge in [-0.15, -0.1) is 12.4 Å². The zero-order valence-corrected chi connectivity index (χ0v) is 15.8. The molecule has 1 aliphatic heterocycles. The van der Waals surface area contributed by atoms with Crippen molar-refractivity contribution < 1.29 is 14.3 Å². The van der Waals surface area contributed by atoms with Gasteiger partial charge < -0.3 is 20.5 Å². The summed E-state index contributed by atoms with van der Waals surface area (Å²) in [6, 6.07) is 14.4. The topological polar surface area (TPSA) is 73.6 Å². The first-order valence-electron chi connectivity index (χ1n) is 8.25. The number of nitrogens with one attached hydrogen (secondary N) is 1. The molecule has 140 valence electrons. The molecular weight excluding hydrogens is 375 g/mol. The number of anilines is 1. The smallest absolute Gasteiger partial charge is 0.232 e. The van der Waals surface area contributed by atoms with Crippen LogP contribution < -0.4 is 15.8 Å². The molecule has 2 aromatic carbocycles. The molecule has 1 heterocycles. The Morgan fingerprint density at radius 2 is 1.81 bits per heavy atom. The molecule has 3 rings (SSSR count). The Bertz CT molecular complexity index is 732. The van der Waals surface area contributed by atoms with Gasteiger partial charge in [0.25, 0.3) is 0 Å². The first kappa shape index (κ1) is 20.5. The molecule has 26 heavy (non-hydrogen) atoms. The van der Waals surface area contributed by atoms with Crippen LogP contribution >= 0.6 is 24.0 Å². The molecule has 3 N–H and O–H groups in total. The maximum atomic E-state index is 12.6. The number of carbonyl (C=O) groups is 1. The van der Waals surface area contributed by atoms with Gasteiger partial charge in [0, 0.05) is 25.4 Å². The Balaban J connectivity index is 0.00000243. The standard InChI is InChI=1S/C19H21ClN2O3.ClH/c20-16-3-1-2-4-17(16)25-15-7-5-14(6-8-15)22-18(23)19(13-21)9-11-24-12-10-19;/h1-8H,9-13,21H2,(H,22,23);1H. The van der Waals surface area contributed by atoms with Crippen molar-refractivity contribution in [2.45, 2.75) is 12.8 Å². The van der Waals surface area contributed by atoms with Gasteiger partial charge in [0.2, 0.25) is 5.91 Å². The molecule has 0 aromatic heterocycles. The Morgan fingerprint density at radius 3 is 2.42 bits per heavy atom. The summed E-state index contributed by atoms with van der Waals surface area (Å²) in [5.41, 5.74) is 6.02.